The van der Waals surface area contributed by atoms with Gasteiger partial charge < -0.3 is 5.32 Å². The van der Waals surface area contributed by atoms with Crippen LogP contribution >= 0.6 is 0 Å². The van der Waals surface area contributed by atoms with Gasteiger partial charge in [0, 0.05) is 17.4 Å². The summed E-state index contributed by atoms with van der Waals surface area (Å²) in [5, 5.41) is 3.00. The van der Waals surface area contributed by atoms with Gasteiger partial charge >= 0.3 is 0 Å². The summed E-state index contributed by atoms with van der Waals surface area (Å²) in [5.74, 6) is 6.59. The summed E-state index contributed by atoms with van der Waals surface area (Å²) in [4.78, 5) is 11.7. The fourth-order valence-corrected chi connectivity index (χ4v) is 1.87. The molecule has 2 nitrogen and oxygen atoms in total. The average molecular weight is 257 g/mol. The highest BCUT2D eigenvalue weighted by molar-refractivity contribution is 6.23. The van der Waals surface area contributed by atoms with Crippen LogP contribution in [-0.4, -0.2) is 13.8 Å². The molecule has 1 rings (SSSR count). The van der Waals surface area contributed by atoms with Crippen LogP contribution in [0.5, 0.6) is 0 Å². The van der Waals surface area contributed by atoms with Gasteiger partial charge in [-0.3, -0.25) is 4.79 Å². The van der Waals surface area contributed by atoms with Crippen LogP contribution in [0.1, 0.15) is 53.4 Å². The SMILES string of the molecule is BC1=C(C#CC(C)(C)C)C(NC(=O)CCC)=CCC1. The highest BCUT2D eigenvalue weighted by atomic mass is 16.1. The van der Waals surface area contributed by atoms with Crippen molar-refractivity contribution in [1.29, 1.82) is 0 Å². The van der Waals surface area contributed by atoms with E-state index in [9.17, 15) is 4.79 Å². The predicted molar refractivity (Wildman–Crippen MR) is 83.2 cm³/mol. The number of amides is 1. The molecule has 0 aromatic carbocycles. The van der Waals surface area contributed by atoms with Crippen LogP contribution in [0.2, 0.25) is 0 Å². The minimum absolute atomic E-state index is 0.0245. The van der Waals surface area contributed by atoms with Crippen molar-refractivity contribution in [2.75, 3.05) is 0 Å². The number of allylic oxidation sites excluding steroid dienone is 3. The van der Waals surface area contributed by atoms with E-state index < -0.39 is 0 Å². The van der Waals surface area contributed by atoms with Crippen LogP contribution < -0.4 is 5.32 Å². The van der Waals surface area contributed by atoms with E-state index in [1.165, 1.54) is 5.47 Å². The molecule has 0 atom stereocenters. The summed E-state index contributed by atoms with van der Waals surface area (Å²) in [7, 11) is 2.10. The molecule has 0 saturated heterocycles. The largest absolute Gasteiger partial charge is 0.325 e. The molecule has 1 aliphatic carbocycles. The van der Waals surface area contributed by atoms with E-state index in [0.717, 1.165) is 30.5 Å². The summed E-state index contributed by atoms with van der Waals surface area (Å²) < 4.78 is 0. The minimum Gasteiger partial charge on any atom is -0.325 e. The lowest BCUT2D eigenvalue weighted by molar-refractivity contribution is -0.120. The highest BCUT2D eigenvalue weighted by Gasteiger charge is 2.14. The van der Waals surface area contributed by atoms with Gasteiger partial charge in [-0.15, -0.1) is 0 Å². The molecule has 1 aliphatic rings. The Hall–Kier alpha value is -1.43. The normalized spacial score (nSPS) is 15.5. The Morgan fingerprint density at radius 2 is 2.16 bits per heavy atom. The molecular weight excluding hydrogens is 233 g/mol. The quantitative estimate of drug-likeness (QED) is 0.611. The van der Waals surface area contributed by atoms with Crippen LogP contribution in [0.4, 0.5) is 0 Å². The topological polar surface area (TPSA) is 29.1 Å². The van der Waals surface area contributed by atoms with Gasteiger partial charge in [0.15, 0.2) is 0 Å². The molecule has 0 saturated carbocycles. The molecule has 0 spiro atoms. The first-order chi connectivity index (χ1) is 8.83. The molecule has 102 valence electrons. The molecule has 0 radical (unpaired) electrons. The predicted octanol–water partition coefficient (Wildman–Crippen LogP) is 2.52. The second kappa shape index (κ2) is 6.66. The Morgan fingerprint density at radius 1 is 1.47 bits per heavy atom. The number of nitrogens with one attached hydrogen (secondary N) is 1. The third kappa shape index (κ3) is 5.38. The Kier molecular flexibility index (Phi) is 5.48. The van der Waals surface area contributed by atoms with E-state index in [0.29, 0.717) is 6.42 Å². The smallest absolute Gasteiger partial charge is 0.224 e. The third-order valence-electron chi connectivity index (χ3n) is 2.88. The molecule has 3 heteroatoms. The second-order valence-electron chi connectivity index (χ2n) is 6.11. The number of hydrogen-bond donors (Lipinski definition) is 1. The molecule has 19 heavy (non-hydrogen) atoms. The molecule has 0 aromatic heterocycles. The van der Waals surface area contributed by atoms with Crippen molar-refractivity contribution in [3.63, 3.8) is 0 Å². The van der Waals surface area contributed by atoms with Gasteiger partial charge in [0.2, 0.25) is 5.91 Å². The van der Waals surface area contributed by atoms with Gasteiger partial charge in [-0.2, -0.15) is 0 Å². The average Bonchev–Trinajstić information content (AvgIpc) is 2.27. The van der Waals surface area contributed by atoms with E-state index in [4.69, 9.17) is 0 Å². The monoisotopic (exact) mass is 257 g/mol. The number of carbonyl (C=O) groups is 1. The molecule has 0 fully saturated rings. The zero-order valence-corrected chi connectivity index (χ0v) is 12.8. The van der Waals surface area contributed by atoms with Crippen LogP contribution in [-0.2, 0) is 4.79 Å². The molecule has 0 unspecified atom stereocenters. The van der Waals surface area contributed by atoms with Crippen LogP contribution in [0.15, 0.2) is 22.8 Å². The Morgan fingerprint density at radius 3 is 2.74 bits per heavy atom. The summed E-state index contributed by atoms with van der Waals surface area (Å²) in [5.41, 5.74) is 3.15. The van der Waals surface area contributed by atoms with Crippen molar-refractivity contribution in [2.24, 2.45) is 5.41 Å². The summed E-state index contributed by atoms with van der Waals surface area (Å²) in [6.07, 6.45) is 5.53. The van der Waals surface area contributed by atoms with Crippen molar-refractivity contribution >= 4 is 13.8 Å². The van der Waals surface area contributed by atoms with Gasteiger partial charge in [-0.1, -0.05) is 30.3 Å². The summed E-state index contributed by atoms with van der Waals surface area (Å²) in [6.45, 7) is 8.30. The van der Waals surface area contributed by atoms with Crippen molar-refractivity contribution in [3.8, 4) is 11.8 Å². The number of rotatable bonds is 3. The van der Waals surface area contributed by atoms with Crippen molar-refractivity contribution in [1.82, 2.24) is 5.32 Å². The fraction of sp³-hybridized carbons (Fsp3) is 0.562. The van der Waals surface area contributed by atoms with Crippen molar-refractivity contribution in [3.05, 3.63) is 22.8 Å². The molecule has 1 N–H and O–H groups in total. The maximum absolute atomic E-state index is 11.7. The third-order valence-corrected chi connectivity index (χ3v) is 2.88. The van der Waals surface area contributed by atoms with Gasteiger partial charge in [0.1, 0.15) is 7.85 Å². The minimum atomic E-state index is -0.0245. The molecule has 0 aromatic rings. The van der Waals surface area contributed by atoms with Crippen LogP contribution in [0.3, 0.4) is 0 Å². The lowest BCUT2D eigenvalue weighted by Gasteiger charge is -2.18. The van der Waals surface area contributed by atoms with E-state index in [1.807, 2.05) is 6.92 Å². The first-order valence-corrected chi connectivity index (χ1v) is 7.07. The highest BCUT2D eigenvalue weighted by Crippen LogP contribution is 2.22. The lowest BCUT2D eigenvalue weighted by atomic mass is 9.81. The Balaban J connectivity index is 2.92. The van der Waals surface area contributed by atoms with Gasteiger partial charge in [0.05, 0.1) is 5.70 Å². The maximum atomic E-state index is 11.7. The molecule has 0 aliphatic heterocycles. The van der Waals surface area contributed by atoms with Crippen molar-refractivity contribution < 1.29 is 4.79 Å². The lowest BCUT2D eigenvalue weighted by Crippen LogP contribution is -2.25. The van der Waals surface area contributed by atoms with E-state index in [2.05, 4.69) is 51.9 Å². The van der Waals surface area contributed by atoms with Gasteiger partial charge in [0.25, 0.3) is 0 Å². The molecule has 1 amide bonds. The summed E-state index contributed by atoms with van der Waals surface area (Å²) >= 11 is 0. The zero-order chi connectivity index (χ0) is 14.5. The Bertz CT molecular complexity index is 469. The van der Waals surface area contributed by atoms with Crippen LogP contribution in [0.25, 0.3) is 0 Å². The first-order valence-electron chi connectivity index (χ1n) is 7.07. The summed E-state index contributed by atoms with van der Waals surface area (Å²) in [6, 6.07) is 0. The fourth-order valence-electron chi connectivity index (χ4n) is 1.87. The molecule has 0 bridgehead atoms. The van der Waals surface area contributed by atoms with E-state index in [1.54, 1.807) is 0 Å². The zero-order valence-electron chi connectivity index (χ0n) is 12.8. The number of carbonyl (C=O) groups excluding carboxylic acids is 1. The standard InChI is InChI=1S/C16H24BNO/c1-5-7-15(19)18-14-9-6-8-13(17)12(14)10-11-16(2,3)4/h9H,5-8,17H2,1-4H3,(H,18,19). The molecule has 0 heterocycles. The van der Waals surface area contributed by atoms with Gasteiger partial charge in [-0.25, -0.2) is 0 Å². The molecular formula is C16H24BNO. The Labute approximate surface area is 118 Å². The number of hydrogen-bond acceptors (Lipinski definition) is 1. The second-order valence-corrected chi connectivity index (χ2v) is 6.11. The van der Waals surface area contributed by atoms with E-state index in [-0.39, 0.29) is 11.3 Å². The van der Waals surface area contributed by atoms with Crippen LogP contribution in [0, 0.1) is 17.3 Å². The van der Waals surface area contributed by atoms with Gasteiger partial charge in [-0.05, 0) is 40.0 Å². The van der Waals surface area contributed by atoms with E-state index >= 15 is 0 Å². The van der Waals surface area contributed by atoms with Crippen molar-refractivity contribution in [2.45, 2.75) is 53.4 Å². The first kappa shape index (κ1) is 15.6. The maximum Gasteiger partial charge on any atom is 0.224 e.